The molecule has 0 unspecified atom stereocenters. The van der Waals surface area contributed by atoms with Crippen LogP contribution >= 0.6 is 11.3 Å². The summed E-state index contributed by atoms with van der Waals surface area (Å²) in [5.74, 6) is 0.840. The number of Topliss-reactive ketones (excluding diaryl/α,β-unsaturated/α-hetero) is 1. The predicted molar refractivity (Wildman–Crippen MR) is 71.3 cm³/mol. The van der Waals surface area contributed by atoms with E-state index in [9.17, 15) is 4.79 Å². The molecule has 0 fully saturated rings. The Morgan fingerprint density at radius 2 is 2.00 bits per heavy atom. The molecule has 1 aromatic carbocycles. The number of hydrogen-bond acceptors (Lipinski definition) is 4. The van der Waals surface area contributed by atoms with Crippen LogP contribution in [0.1, 0.15) is 15.2 Å². The molecular formula is C14H14O3S. The molecule has 0 atom stereocenters. The number of benzene rings is 1. The van der Waals surface area contributed by atoms with Crippen LogP contribution < -0.4 is 4.74 Å². The van der Waals surface area contributed by atoms with Crippen molar-refractivity contribution in [2.24, 2.45) is 0 Å². The van der Waals surface area contributed by atoms with Gasteiger partial charge in [0.2, 0.25) is 0 Å². The van der Waals surface area contributed by atoms with Crippen molar-refractivity contribution in [1.82, 2.24) is 0 Å². The van der Waals surface area contributed by atoms with Crippen molar-refractivity contribution < 1.29 is 14.3 Å². The van der Waals surface area contributed by atoms with Gasteiger partial charge in [-0.05, 0) is 29.1 Å². The molecule has 0 aliphatic rings. The molecule has 0 N–H and O–H groups in total. The molecule has 18 heavy (non-hydrogen) atoms. The van der Waals surface area contributed by atoms with Gasteiger partial charge in [0.1, 0.15) is 12.4 Å². The highest BCUT2D eigenvalue weighted by Gasteiger charge is 2.06. The van der Waals surface area contributed by atoms with Gasteiger partial charge in [0.15, 0.2) is 5.78 Å². The molecule has 0 amide bonds. The van der Waals surface area contributed by atoms with Gasteiger partial charge >= 0.3 is 0 Å². The zero-order valence-corrected chi connectivity index (χ0v) is 10.9. The number of carbonyl (C=O) groups excluding carboxylic acids is 1. The Bertz CT molecular complexity index is 488. The van der Waals surface area contributed by atoms with Crippen LogP contribution in [0.2, 0.25) is 0 Å². The van der Waals surface area contributed by atoms with Gasteiger partial charge < -0.3 is 9.47 Å². The molecule has 94 valence electrons. The second kappa shape index (κ2) is 6.33. The average Bonchev–Trinajstić information content (AvgIpc) is 2.93. The summed E-state index contributed by atoms with van der Waals surface area (Å²) in [6, 6.07) is 11.3. The van der Waals surface area contributed by atoms with Crippen molar-refractivity contribution in [1.29, 1.82) is 0 Å². The summed E-state index contributed by atoms with van der Waals surface area (Å²) in [4.78, 5) is 12.4. The van der Waals surface area contributed by atoms with E-state index in [2.05, 4.69) is 0 Å². The lowest BCUT2D eigenvalue weighted by molar-refractivity contribution is 0.0730. The van der Waals surface area contributed by atoms with E-state index in [1.54, 1.807) is 7.11 Å². The Labute approximate surface area is 110 Å². The van der Waals surface area contributed by atoms with Gasteiger partial charge in [-0.25, -0.2) is 0 Å². The zero-order valence-electron chi connectivity index (χ0n) is 10.1. The first-order valence-electron chi connectivity index (χ1n) is 5.57. The number of ether oxygens (including phenoxy) is 2. The van der Waals surface area contributed by atoms with Gasteiger partial charge in [-0.1, -0.05) is 18.2 Å². The van der Waals surface area contributed by atoms with Crippen LogP contribution in [-0.4, -0.2) is 19.5 Å². The fraction of sp³-hybridized carbons (Fsp3) is 0.214. The van der Waals surface area contributed by atoms with Crippen molar-refractivity contribution in [3.63, 3.8) is 0 Å². The van der Waals surface area contributed by atoms with E-state index < -0.39 is 0 Å². The highest BCUT2D eigenvalue weighted by Crippen LogP contribution is 2.13. The second-order valence-electron chi connectivity index (χ2n) is 3.74. The average molecular weight is 262 g/mol. The number of hydrogen-bond donors (Lipinski definition) is 0. The second-order valence-corrected chi connectivity index (χ2v) is 4.69. The fourth-order valence-electron chi connectivity index (χ4n) is 1.49. The first-order valence-corrected chi connectivity index (χ1v) is 6.45. The fourth-order valence-corrected chi connectivity index (χ4v) is 2.14. The lowest BCUT2D eigenvalue weighted by atomic mass is 10.2. The maximum Gasteiger partial charge on any atom is 0.198 e. The third kappa shape index (κ3) is 3.42. The molecule has 0 saturated carbocycles. The highest BCUT2D eigenvalue weighted by atomic mass is 32.1. The third-order valence-electron chi connectivity index (χ3n) is 2.46. The first kappa shape index (κ1) is 12.8. The summed E-state index contributed by atoms with van der Waals surface area (Å²) in [6.45, 7) is 0.549. The van der Waals surface area contributed by atoms with Crippen molar-refractivity contribution >= 4 is 17.1 Å². The van der Waals surface area contributed by atoms with Crippen LogP contribution in [0.3, 0.4) is 0 Å². The Balaban J connectivity index is 1.79. The van der Waals surface area contributed by atoms with Crippen LogP contribution in [0.4, 0.5) is 0 Å². The topological polar surface area (TPSA) is 35.5 Å². The van der Waals surface area contributed by atoms with E-state index in [-0.39, 0.29) is 12.4 Å². The number of ketones is 1. The van der Waals surface area contributed by atoms with Gasteiger partial charge in [-0.15, -0.1) is 11.3 Å². The van der Waals surface area contributed by atoms with Gasteiger partial charge in [0.05, 0.1) is 18.6 Å². The quantitative estimate of drug-likeness (QED) is 0.750. The van der Waals surface area contributed by atoms with Crippen LogP contribution in [0.5, 0.6) is 5.75 Å². The van der Waals surface area contributed by atoms with Crippen molar-refractivity contribution in [3.05, 3.63) is 52.2 Å². The normalized spacial score (nSPS) is 10.3. The molecule has 0 aliphatic carbocycles. The largest absolute Gasteiger partial charge is 0.497 e. The van der Waals surface area contributed by atoms with Crippen LogP contribution in [0, 0.1) is 0 Å². The minimum Gasteiger partial charge on any atom is -0.497 e. The Hall–Kier alpha value is -1.65. The molecule has 3 nitrogen and oxygen atoms in total. The predicted octanol–water partition coefficient (Wildman–Crippen LogP) is 3.16. The number of rotatable bonds is 6. The van der Waals surface area contributed by atoms with Gasteiger partial charge in [-0.3, -0.25) is 4.79 Å². The van der Waals surface area contributed by atoms with E-state index >= 15 is 0 Å². The Morgan fingerprint density at radius 1 is 1.22 bits per heavy atom. The Morgan fingerprint density at radius 3 is 2.61 bits per heavy atom. The molecular weight excluding hydrogens is 248 g/mol. The third-order valence-corrected chi connectivity index (χ3v) is 3.37. The van der Waals surface area contributed by atoms with E-state index in [1.807, 2.05) is 41.8 Å². The molecule has 0 saturated heterocycles. The summed E-state index contributed by atoms with van der Waals surface area (Å²) < 4.78 is 10.5. The lowest BCUT2D eigenvalue weighted by Crippen LogP contribution is -2.07. The number of carbonyl (C=O) groups is 1. The molecule has 4 heteroatoms. The maximum absolute atomic E-state index is 11.7. The van der Waals surface area contributed by atoms with Gasteiger partial charge in [-0.2, -0.15) is 0 Å². The van der Waals surface area contributed by atoms with E-state index in [4.69, 9.17) is 9.47 Å². The maximum atomic E-state index is 11.7. The lowest BCUT2D eigenvalue weighted by Gasteiger charge is -2.04. The summed E-state index contributed by atoms with van der Waals surface area (Å²) in [5.41, 5.74) is 1.02. The SMILES string of the molecule is COc1ccc(COCC(=O)c2cccs2)cc1. The molecule has 0 aliphatic heterocycles. The van der Waals surface area contributed by atoms with Crippen LogP contribution in [0.15, 0.2) is 41.8 Å². The van der Waals surface area contributed by atoms with Gasteiger partial charge in [0.25, 0.3) is 0 Å². The molecule has 1 aromatic heterocycles. The zero-order chi connectivity index (χ0) is 12.8. The molecule has 0 spiro atoms. The minimum atomic E-state index is 0.0264. The number of thiophene rings is 1. The molecule has 0 radical (unpaired) electrons. The first-order chi connectivity index (χ1) is 8.79. The molecule has 1 heterocycles. The molecule has 0 bridgehead atoms. The van der Waals surface area contributed by atoms with E-state index in [0.29, 0.717) is 6.61 Å². The monoisotopic (exact) mass is 262 g/mol. The minimum absolute atomic E-state index is 0.0264. The summed E-state index contributed by atoms with van der Waals surface area (Å²) in [6.07, 6.45) is 0. The van der Waals surface area contributed by atoms with E-state index in [0.717, 1.165) is 16.2 Å². The van der Waals surface area contributed by atoms with Crippen LogP contribution in [0.25, 0.3) is 0 Å². The van der Waals surface area contributed by atoms with Crippen molar-refractivity contribution in [2.75, 3.05) is 13.7 Å². The van der Waals surface area contributed by atoms with Crippen molar-refractivity contribution in [3.8, 4) is 5.75 Å². The summed E-state index contributed by atoms with van der Waals surface area (Å²) in [5, 5.41) is 1.89. The summed E-state index contributed by atoms with van der Waals surface area (Å²) in [7, 11) is 1.63. The highest BCUT2D eigenvalue weighted by molar-refractivity contribution is 7.12. The van der Waals surface area contributed by atoms with Gasteiger partial charge in [0, 0.05) is 0 Å². The standard InChI is InChI=1S/C14H14O3S/c1-16-12-6-4-11(5-7-12)9-17-10-13(15)14-3-2-8-18-14/h2-8H,9-10H2,1H3. The smallest absolute Gasteiger partial charge is 0.198 e. The van der Waals surface area contributed by atoms with E-state index in [1.165, 1.54) is 11.3 Å². The molecule has 2 aromatic rings. The molecule has 2 rings (SSSR count). The Kier molecular flexibility index (Phi) is 4.50. The number of methoxy groups -OCH3 is 1. The van der Waals surface area contributed by atoms with Crippen LogP contribution in [-0.2, 0) is 11.3 Å². The summed E-state index contributed by atoms with van der Waals surface area (Å²) >= 11 is 1.44. The van der Waals surface area contributed by atoms with Crippen molar-refractivity contribution in [2.45, 2.75) is 6.61 Å².